The predicted molar refractivity (Wildman–Crippen MR) is 69.5 cm³/mol. The third-order valence-corrected chi connectivity index (χ3v) is 2.54. The van der Waals surface area contributed by atoms with Crippen LogP contribution in [0.2, 0.25) is 5.02 Å². The number of nitro benzene ring substituents is 1. The van der Waals surface area contributed by atoms with Crippen molar-refractivity contribution in [1.29, 1.82) is 0 Å². The lowest BCUT2D eigenvalue weighted by atomic mass is 10.3. The molecule has 0 unspecified atom stereocenters. The highest BCUT2D eigenvalue weighted by Gasteiger charge is 2.13. The average Bonchev–Trinajstić information content (AvgIpc) is 2.36. The number of unbranched alkanes of at least 4 members (excludes halogenated alkanes) is 1. The van der Waals surface area contributed by atoms with Gasteiger partial charge in [0, 0.05) is 12.1 Å². The van der Waals surface area contributed by atoms with Gasteiger partial charge >= 0.3 is 5.97 Å². The molecule has 0 amide bonds. The second-order valence-electron chi connectivity index (χ2n) is 3.73. The molecule has 0 N–H and O–H groups in total. The van der Waals surface area contributed by atoms with E-state index in [1.54, 1.807) is 0 Å². The Balaban J connectivity index is 2.48. The number of nitrogens with zero attached hydrogens (tertiary/aromatic N) is 1. The van der Waals surface area contributed by atoms with Crippen LogP contribution in [0.25, 0.3) is 0 Å². The lowest BCUT2D eigenvalue weighted by Gasteiger charge is -2.07. The minimum atomic E-state index is -0.592. The van der Waals surface area contributed by atoms with E-state index in [1.165, 1.54) is 18.2 Å². The van der Waals surface area contributed by atoms with E-state index in [-0.39, 0.29) is 23.1 Å². The van der Waals surface area contributed by atoms with E-state index in [0.29, 0.717) is 6.61 Å². The van der Waals surface area contributed by atoms with Crippen molar-refractivity contribution in [3.63, 3.8) is 0 Å². The molecule has 0 saturated carbocycles. The molecular weight excluding hydrogens is 274 g/mol. The van der Waals surface area contributed by atoms with Crippen molar-refractivity contribution in [3.05, 3.63) is 33.3 Å². The summed E-state index contributed by atoms with van der Waals surface area (Å²) >= 11 is 5.70. The van der Waals surface area contributed by atoms with Gasteiger partial charge in [0.05, 0.1) is 11.5 Å². The van der Waals surface area contributed by atoms with Crippen LogP contribution in [0.1, 0.15) is 19.8 Å². The van der Waals surface area contributed by atoms with Crippen molar-refractivity contribution in [1.82, 2.24) is 0 Å². The van der Waals surface area contributed by atoms with Gasteiger partial charge in [0.2, 0.25) is 0 Å². The van der Waals surface area contributed by atoms with Crippen molar-refractivity contribution in [2.45, 2.75) is 19.8 Å². The molecule has 1 rings (SSSR count). The number of benzene rings is 1. The SMILES string of the molecule is CCCCOC(=O)COc1ccc([N+](=O)[O-])c(Cl)c1. The minimum absolute atomic E-state index is 0.0400. The van der Waals surface area contributed by atoms with E-state index >= 15 is 0 Å². The van der Waals surface area contributed by atoms with E-state index in [1.807, 2.05) is 6.92 Å². The Morgan fingerprint density at radius 3 is 2.79 bits per heavy atom. The minimum Gasteiger partial charge on any atom is -0.482 e. The molecule has 0 spiro atoms. The number of nitro groups is 1. The number of hydrogen-bond donors (Lipinski definition) is 0. The van der Waals surface area contributed by atoms with Gasteiger partial charge in [-0.2, -0.15) is 0 Å². The molecule has 1 aromatic carbocycles. The summed E-state index contributed by atoms with van der Waals surface area (Å²) in [5.41, 5.74) is -0.209. The second-order valence-corrected chi connectivity index (χ2v) is 4.14. The molecule has 0 atom stereocenters. The molecule has 0 fully saturated rings. The fourth-order valence-electron chi connectivity index (χ4n) is 1.24. The number of esters is 1. The van der Waals surface area contributed by atoms with Crippen LogP contribution in [0.15, 0.2) is 18.2 Å². The molecule has 1 aromatic rings. The summed E-state index contributed by atoms with van der Waals surface area (Å²) in [5, 5.41) is 10.5. The van der Waals surface area contributed by atoms with Gasteiger partial charge in [-0.25, -0.2) is 4.79 Å². The van der Waals surface area contributed by atoms with Crippen molar-refractivity contribution >= 4 is 23.3 Å². The van der Waals surface area contributed by atoms with Crippen molar-refractivity contribution in [2.75, 3.05) is 13.2 Å². The topological polar surface area (TPSA) is 78.7 Å². The quantitative estimate of drug-likeness (QED) is 0.333. The largest absolute Gasteiger partial charge is 0.482 e. The Hall–Kier alpha value is -1.82. The third-order valence-electron chi connectivity index (χ3n) is 2.23. The van der Waals surface area contributed by atoms with Crippen molar-refractivity contribution in [3.8, 4) is 5.75 Å². The van der Waals surface area contributed by atoms with Gasteiger partial charge < -0.3 is 9.47 Å². The monoisotopic (exact) mass is 287 g/mol. The van der Waals surface area contributed by atoms with Gasteiger partial charge in [-0.05, 0) is 12.5 Å². The Bertz CT molecular complexity index is 463. The van der Waals surface area contributed by atoms with Gasteiger partial charge in [-0.15, -0.1) is 0 Å². The Labute approximate surface area is 115 Å². The maximum Gasteiger partial charge on any atom is 0.344 e. The van der Waals surface area contributed by atoms with Gasteiger partial charge in [0.25, 0.3) is 5.69 Å². The van der Waals surface area contributed by atoms with Crippen LogP contribution in [0.3, 0.4) is 0 Å². The second kappa shape index (κ2) is 7.58. The van der Waals surface area contributed by atoms with Crippen LogP contribution < -0.4 is 4.74 Å². The third kappa shape index (κ3) is 5.13. The van der Waals surface area contributed by atoms with Crippen LogP contribution in [-0.2, 0) is 9.53 Å². The fraction of sp³-hybridized carbons (Fsp3) is 0.417. The van der Waals surface area contributed by atoms with Gasteiger partial charge in [0.15, 0.2) is 6.61 Å². The first kappa shape index (κ1) is 15.2. The molecule has 0 saturated heterocycles. The maximum atomic E-state index is 11.3. The Morgan fingerprint density at radius 2 is 2.21 bits per heavy atom. The van der Waals surface area contributed by atoms with Crippen molar-refractivity contribution < 1.29 is 19.2 Å². The fourth-order valence-corrected chi connectivity index (χ4v) is 1.48. The summed E-state index contributed by atoms with van der Waals surface area (Å²) in [5.74, 6) is -0.203. The summed E-state index contributed by atoms with van der Waals surface area (Å²) in [6.07, 6.45) is 1.74. The lowest BCUT2D eigenvalue weighted by Crippen LogP contribution is -2.15. The maximum absolute atomic E-state index is 11.3. The van der Waals surface area contributed by atoms with E-state index in [9.17, 15) is 14.9 Å². The molecule has 0 aliphatic carbocycles. The smallest absolute Gasteiger partial charge is 0.344 e. The molecular formula is C12H14ClNO5. The summed E-state index contributed by atoms with van der Waals surface area (Å²) < 4.78 is 10.0. The molecule has 0 bridgehead atoms. The lowest BCUT2D eigenvalue weighted by molar-refractivity contribution is -0.384. The molecule has 0 aliphatic heterocycles. The summed E-state index contributed by atoms with van der Waals surface area (Å²) in [6.45, 7) is 2.10. The molecule has 0 radical (unpaired) electrons. The molecule has 0 aromatic heterocycles. The molecule has 7 heteroatoms. The van der Waals surface area contributed by atoms with E-state index in [0.717, 1.165) is 12.8 Å². The normalized spacial score (nSPS) is 10.0. The number of hydrogen-bond acceptors (Lipinski definition) is 5. The zero-order chi connectivity index (χ0) is 14.3. The number of halogens is 1. The van der Waals surface area contributed by atoms with Crippen LogP contribution in [0.4, 0.5) is 5.69 Å². The highest BCUT2D eigenvalue weighted by Crippen LogP contribution is 2.28. The first-order valence-electron chi connectivity index (χ1n) is 5.77. The predicted octanol–water partition coefficient (Wildman–Crippen LogP) is 2.97. The van der Waals surface area contributed by atoms with Crippen LogP contribution in [-0.4, -0.2) is 24.1 Å². The standard InChI is InChI=1S/C12H14ClNO5/c1-2-3-6-18-12(15)8-19-9-4-5-11(14(16)17)10(13)7-9/h4-5,7H,2-3,6,8H2,1H3. The summed E-state index contributed by atoms with van der Waals surface area (Å²) in [4.78, 5) is 21.2. The molecule has 6 nitrogen and oxygen atoms in total. The Kier molecular flexibility index (Phi) is 6.08. The first-order valence-corrected chi connectivity index (χ1v) is 6.14. The molecule has 0 aliphatic rings. The average molecular weight is 288 g/mol. The zero-order valence-corrected chi connectivity index (χ0v) is 11.2. The van der Waals surface area contributed by atoms with E-state index in [2.05, 4.69) is 0 Å². The van der Waals surface area contributed by atoms with Crippen molar-refractivity contribution in [2.24, 2.45) is 0 Å². The summed E-state index contributed by atoms with van der Waals surface area (Å²) in [7, 11) is 0. The van der Waals surface area contributed by atoms with E-state index < -0.39 is 10.9 Å². The number of rotatable bonds is 7. The van der Waals surface area contributed by atoms with Crippen LogP contribution in [0, 0.1) is 10.1 Å². The van der Waals surface area contributed by atoms with Crippen LogP contribution >= 0.6 is 11.6 Å². The summed E-state index contributed by atoms with van der Waals surface area (Å²) in [6, 6.07) is 3.89. The zero-order valence-electron chi connectivity index (χ0n) is 10.4. The van der Waals surface area contributed by atoms with E-state index in [4.69, 9.17) is 21.1 Å². The highest BCUT2D eigenvalue weighted by molar-refractivity contribution is 6.32. The molecule has 104 valence electrons. The number of ether oxygens (including phenoxy) is 2. The van der Waals surface area contributed by atoms with Gasteiger partial charge in [0.1, 0.15) is 10.8 Å². The molecule has 0 heterocycles. The van der Waals surface area contributed by atoms with Crippen LogP contribution in [0.5, 0.6) is 5.75 Å². The Morgan fingerprint density at radius 1 is 1.47 bits per heavy atom. The number of carbonyl (C=O) groups is 1. The highest BCUT2D eigenvalue weighted by atomic mass is 35.5. The van der Waals surface area contributed by atoms with Gasteiger partial charge in [-0.3, -0.25) is 10.1 Å². The first-order chi connectivity index (χ1) is 9.04. The van der Waals surface area contributed by atoms with Gasteiger partial charge in [-0.1, -0.05) is 24.9 Å². The number of carbonyl (C=O) groups excluding carboxylic acids is 1. The molecule has 19 heavy (non-hydrogen) atoms.